The number of primary amides is 1. The van der Waals surface area contributed by atoms with Crippen LogP contribution in [0.2, 0.25) is 5.02 Å². The van der Waals surface area contributed by atoms with Gasteiger partial charge in [-0.25, -0.2) is 8.42 Å². The Hall–Kier alpha value is -1.07. The summed E-state index contributed by atoms with van der Waals surface area (Å²) in [5.74, 6) is -1.08. The fourth-order valence-corrected chi connectivity index (χ4v) is 2.62. The molecule has 0 aromatic heterocycles. The lowest BCUT2D eigenvalue weighted by Gasteiger charge is -2.09. The van der Waals surface area contributed by atoms with E-state index in [2.05, 4.69) is 0 Å². The molecule has 0 saturated carbocycles. The molecule has 1 aromatic rings. The number of hydrogen-bond donors (Lipinski definition) is 1. The molecule has 0 heterocycles. The molecule has 88 valence electrons. The van der Waals surface area contributed by atoms with E-state index in [0.29, 0.717) is 10.6 Å². The van der Waals surface area contributed by atoms with Crippen LogP contribution in [0.4, 0.5) is 0 Å². The molecule has 1 atom stereocenters. The predicted molar refractivity (Wildman–Crippen MR) is 62.7 cm³/mol. The first-order chi connectivity index (χ1) is 7.33. The van der Waals surface area contributed by atoms with Crippen molar-refractivity contribution in [1.29, 1.82) is 0 Å². The van der Waals surface area contributed by atoms with Crippen molar-refractivity contribution >= 4 is 27.3 Å². The highest BCUT2D eigenvalue weighted by atomic mass is 35.5. The Kier molecular flexibility index (Phi) is 3.93. The third-order valence-corrected chi connectivity index (χ3v) is 4.48. The van der Waals surface area contributed by atoms with Gasteiger partial charge in [0.15, 0.2) is 9.84 Å². The monoisotopic (exact) mass is 261 g/mol. The molecule has 1 rings (SSSR count). The third kappa shape index (κ3) is 3.21. The van der Waals surface area contributed by atoms with Crippen LogP contribution in [0.15, 0.2) is 24.3 Å². The van der Waals surface area contributed by atoms with Gasteiger partial charge in [-0.2, -0.15) is 0 Å². The van der Waals surface area contributed by atoms with Crippen molar-refractivity contribution in [3.8, 4) is 0 Å². The molecule has 2 N–H and O–H groups in total. The first-order valence-corrected chi connectivity index (χ1v) is 6.67. The summed E-state index contributed by atoms with van der Waals surface area (Å²) < 4.78 is 23.4. The Morgan fingerprint density at radius 2 is 2.12 bits per heavy atom. The first-order valence-electron chi connectivity index (χ1n) is 4.58. The summed E-state index contributed by atoms with van der Waals surface area (Å²) in [5, 5.41) is -0.731. The number of benzene rings is 1. The Bertz CT molecular complexity index is 499. The lowest BCUT2D eigenvalue weighted by Crippen LogP contribution is -2.33. The molecule has 0 bridgehead atoms. The fourth-order valence-electron chi connectivity index (χ4n) is 1.16. The molecular weight excluding hydrogens is 250 g/mol. The second-order valence-corrected chi connectivity index (χ2v) is 6.24. The van der Waals surface area contributed by atoms with Crippen LogP contribution in [-0.2, 0) is 20.4 Å². The molecule has 0 radical (unpaired) electrons. The van der Waals surface area contributed by atoms with E-state index in [0.717, 1.165) is 0 Å². The molecule has 16 heavy (non-hydrogen) atoms. The van der Waals surface area contributed by atoms with Crippen LogP contribution in [0, 0.1) is 0 Å². The number of hydrogen-bond acceptors (Lipinski definition) is 3. The minimum atomic E-state index is -3.56. The zero-order valence-electron chi connectivity index (χ0n) is 8.68. The number of nitrogens with two attached hydrogens (primary N) is 1. The largest absolute Gasteiger partial charge is 0.369 e. The SMILES string of the molecule is CC(C(N)=O)S(=O)(=O)Cc1cccc(Cl)c1. The van der Waals surface area contributed by atoms with Crippen molar-refractivity contribution in [3.05, 3.63) is 34.9 Å². The van der Waals surface area contributed by atoms with E-state index in [1.807, 2.05) is 0 Å². The smallest absolute Gasteiger partial charge is 0.235 e. The lowest BCUT2D eigenvalue weighted by atomic mass is 10.2. The fraction of sp³-hybridized carbons (Fsp3) is 0.300. The van der Waals surface area contributed by atoms with E-state index in [9.17, 15) is 13.2 Å². The van der Waals surface area contributed by atoms with E-state index in [4.69, 9.17) is 17.3 Å². The average molecular weight is 262 g/mol. The number of halogens is 1. The van der Waals surface area contributed by atoms with Crippen LogP contribution in [-0.4, -0.2) is 19.6 Å². The van der Waals surface area contributed by atoms with Gasteiger partial charge in [0.1, 0.15) is 5.25 Å². The van der Waals surface area contributed by atoms with Gasteiger partial charge in [0, 0.05) is 5.02 Å². The van der Waals surface area contributed by atoms with E-state index < -0.39 is 21.0 Å². The van der Waals surface area contributed by atoms with E-state index >= 15 is 0 Å². The number of carbonyl (C=O) groups excluding carboxylic acids is 1. The summed E-state index contributed by atoms with van der Waals surface area (Å²) in [6, 6.07) is 6.49. The number of rotatable bonds is 4. The van der Waals surface area contributed by atoms with Gasteiger partial charge in [-0.05, 0) is 24.6 Å². The van der Waals surface area contributed by atoms with Gasteiger partial charge in [0.2, 0.25) is 5.91 Å². The molecule has 0 spiro atoms. The number of amides is 1. The molecule has 1 aromatic carbocycles. The molecule has 6 heteroatoms. The van der Waals surface area contributed by atoms with Crippen LogP contribution >= 0.6 is 11.6 Å². The number of carbonyl (C=O) groups is 1. The van der Waals surface area contributed by atoms with E-state index in [1.54, 1.807) is 24.3 Å². The van der Waals surface area contributed by atoms with Gasteiger partial charge in [0.25, 0.3) is 0 Å². The van der Waals surface area contributed by atoms with Crippen LogP contribution < -0.4 is 5.73 Å². The van der Waals surface area contributed by atoms with Crippen LogP contribution in [0.5, 0.6) is 0 Å². The highest BCUT2D eigenvalue weighted by Gasteiger charge is 2.25. The van der Waals surface area contributed by atoms with Gasteiger partial charge in [-0.15, -0.1) is 0 Å². The summed E-state index contributed by atoms with van der Waals surface area (Å²) in [6.07, 6.45) is 0. The quantitative estimate of drug-likeness (QED) is 0.883. The van der Waals surface area contributed by atoms with Gasteiger partial charge in [0.05, 0.1) is 5.75 Å². The van der Waals surface area contributed by atoms with Crippen molar-refractivity contribution in [2.75, 3.05) is 0 Å². The topological polar surface area (TPSA) is 77.2 Å². The number of sulfone groups is 1. The van der Waals surface area contributed by atoms with Crippen molar-refractivity contribution in [3.63, 3.8) is 0 Å². The van der Waals surface area contributed by atoms with Crippen molar-refractivity contribution in [2.24, 2.45) is 5.73 Å². The van der Waals surface area contributed by atoms with E-state index in [1.165, 1.54) is 6.92 Å². The summed E-state index contributed by atoms with van der Waals surface area (Å²) in [5.41, 5.74) is 5.50. The zero-order chi connectivity index (χ0) is 12.3. The van der Waals surface area contributed by atoms with Gasteiger partial charge < -0.3 is 5.73 Å². The molecule has 0 aliphatic rings. The van der Waals surface area contributed by atoms with Crippen molar-refractivity contribution in [2.45, 2.75) is 17.9 Å². The maximum atomic E-state index is 11.7. The Labute approximate surface area is 99.3 Å². The van der Waals surface area contributed by atoms with Gasteiger partial charge in [-0.1, -0.05) is 23.7 Å². The van der Waals surface area contributed by atoms with Crippen molar-refractivity contribution < 1.29 is 13.2 Å². The molecule has 0 aliphatic heterocycles. The summed E-state index contributed by atoms with van der Waals surface area (Å²) in [7, 11) is -3.56. The minimum absolute atomic E-state index is 0.238. The summed E-state index contributed by atoms with van der Waals surface area (Å²) in [4.78, 5) is 10.8. The van der Waals surface area contributed by atoms with Gasteiger partial charge in [-0.3, -0.25) is 4.79 Å². The van der Waals surface area contributed by atoms with Crippen LogP contribution in [0.25, 0.3) is 0 Å². The highest BCUT2D eigenvalue weighted by molar-refractivity contribution is 7.92. The predicted octanol–water partition coefficient (Wildman–Crippen LogP) is 1.13. The van der Waals surface area contributed by atoms with Crippen LogP contribution in [0.1, 0.15) is 12.5 Å². The molecule has 0 aliphatic carbocycles. The maximum Gasteiger partial charge on any atom is 0.235 e. The molecule has 0 fully saturated rings. The standard InChI is InChI=1S/C10H12ClNO3S/c1-7(10(12)13)16(14,15)6-8-3-2-4-9(11)5-8/h2-5,7H,6H2,1H3,(H2,12,13). The molecule has 4 nitrogen and oxygen atoms in total. The second kappa shape index (κ2) is 4.84. The zero-order valence-corrected chi connectivity index (χ0v) is 10.3. The maximum absolute atomic E-state index is 11.7. The molecule has 1 amide bonds. The summed E-state index contributed by atoms with van der Waals surface area (Å²) >= 11 is 5.73. The van der Waals surface area contributed by atoms with Crippen molar-refractivity contribution in [1.82, 2.24) is 0 Å². The second-order valence-electron chi connectivity index (χ2n) is 3.48. The highest BCUT2D eigenvalue weighted by Crippen LogP contribution is 2.15. The first kappa shape index (κ1) is 13.0. The summed E-state index contributed by atoms with van der Waals surface area (Å²) in [6.45, 7) is 1.28. The molecular formula is C10H12ClNO3S. The van der Waals surface area contributed by atoms with Crippen LogP contribution in [0.3, 0.4) is 0 Å². The minimum Gasteiger partial charge on any atom is -0.369 e. The Morgan fingerprint density at radius 3 is 2.62 bits per heavy atom. The lowest BCUT2D eigenvalue weighted by molar-refractivity contribution is -0.117. The van der Waals surface area contributed by atoms with E-state index in [-0.39, 0.29) is 5.75 Å². The molecule has 1 unspecified atom stereocenters. The normalized spacial score (nSPS) is 13.4. The van der Waals surface area contributed by atoms with Gasteiger partial charge >= 0.3 is 0 Å². The average Bonchev–Trinajstić information content (AvgIpc) is 2.15. The Balaban J connectivity index is 2.93. The Morgan fingerprint density at radius 1 is 1.50 bits per heavy atom. The third-order valence-electron chi connectivity index (χ3n) is 2.20. The molecule has 0 saturated heterocycles.